The molecule has 2 N–H and O–H groups in total. The Kier molecular flexibility index (Phi) is 6.44. The second-order valence-corrected chi connectivity index (χ2v) is 7.48. The molecule has 6 nitrogen and oxygen atoms in total. The number of benzene rings is 1. The van der Waals surface area contributed by atoms with Gasteiger partial charge in [0.25, 0.3) is 0 Å². The third-order valence-corrected chi connectivity index (χ3v) is 4.91. The molecule has 0 bridgehead atoms. The molecule has 1 aromatic carbocycles. The zero-order valence-electron chi connectivity index (χ0n) is 13.6. The van der Waals surface area contributed by atoms with Crippen LogP contribution in [0.5, 0.6) is 0 Å². The van der Waals surface area contributed by atoms with Crippen LogP contribution in [0.25, 0.3) is 0 Å². The highest BCUT2D eigenvalue weighted by molar-refractivity contribution is 9.10. The average Bonchev–Trinajstić information content (AvgIpc) is 2.92. The number of thioether (sulfide) groups is 1. The molecule has 0 saturated heterocycles. The topological polar surface area (TPSA) is 84.2 Å². The molecule has 1 atom stereocenters. The van der Waals surface area contributed by atoms with Crippen molar-refractivity contribution in [3.63, 3.8) is 0 Å². The van der Waals surface area contributed by atoms with E-state index in [0.29, 0.717) is 17.3 Å². The van der Waals surface area contributed by atoms with E-state index in [1.807, 2.05) is 25.1 Å². The van der Waals surface area contributed by atoms with Gasteiger partial charge in [0.1, 0.15) is 5.76 Å². The molecule has 0 spiro atoms. The number of nitrogens with zero attached hydrogens (tertiary/aromatic N) is 1. The van der Waals surface area contributed by atoms with Gasteiger partial charge in [-0.05, 0) is 54.4 Å². The van der Waals surface area contributed by atoms with E-state index in [-0.39, 0.29) is 17.6 Å². The number of carbonyl (C=O) groups is 2. The smallest absolute Gasteiger partial charge is 0.238 e. The normalized spacial score (nSPS) is 11.8. The fourth-order valence-electron chi connectivity index (χ4n) is 1.84. The Labute approximate surface area is 152 Å². The summed E-state index contributed by atoms with van der Waals surface area (Å²) >= 11 is 4.67. The molecule has 1 aromatic heterocycles. The van der Waals surface area contributed by atoms with E-state index >= 15 is 0 Å². The van der Waals surface area contributed by atoms with Crippen LogP contribution in [0.3, 0.4) is 0 Å². The van der Waals surface area contributed by atoms with E-state index in [2.05, 4.69) is 31.7 Å². The predicted molar refractivity (Wildman–Crippen MR) is 99.3 cm³/mol. The maximum Gasteiger partial charge on any atom is 0.238 e. The minimum absolute atomic E-state index is 0.165. The number of hydrogen-bond acceptors (Lipinski definition) is 5. The molecule has 2 amide bonds. The summed E-state index contributed by atoms with van der Waals surface area (Å²) in [5, 5.41) is 8.78. The highest BCUT2D eigenvalue weighted by Crippen LogP contribution is 2.24. The average molecular weight is 412 g/mol. The fourth-order valence-corrected chi connectivity index (χ4v) is 3.11. The van der Waals surface area contributed by atoms with Gasteiger partial charge in [0.05, 0.1) is 16.7 Å². The highest BCUT2D eigenvalue weighted by atomic mass is 79.9. The SMILES string of the molecule is Cc1ccc(NC(=O)CSC(C)C(=O)Nc2cc(C)on2)c(Br)c1. The first-order chi connectivity index (χ1) is 11.3. The zero-order valence-corrected chi connectivity index (χ0v) is 16.0. The second-order valence-electron chi connectivity index (χ2n) is 5.30. The van der Waals surface area contributed by atoms with Gasteiger partial charge in [0.15, 0.2) is 5.82 Å². The van der Waals surface area contributed by atoms with Gasteiger partial charge in [0, 0.05) is 10.5 Å². The van der Waals surface area contributed by atoms with Crippen molar-refractivity contribution in [1.29, 1.82) is 0 Å². The van der Waals surface area contributed by atoms with Gasteiger partial charge in [-0.25, -0.2) is 0 Å². The molecule has 0 fully saturated rings. The second kappa shape index (κ2) is 8.34. The molecule has 8 heteroatoms. The van der Waals surface area contributed by atoms with Gasteiger partial charge < -0.3 is 15.2 Å². The van der Waals surface area contributed by atoms with E-state index < -0.39 is 5.25 Å². The Hall–Kier alpha value is -1.80. The Bertz CT molecular complexity index is 748. The van der Waals surface area contributed by atoms with E-state index in [4.69, 9.17) is 4.52 Å². The largest absolute Gasteiger partial charge is 0.360 e. The summed E-state index contributed by atoms with van der Waals surface area (Å²) in [6.07, 6.45) is 0. The lowest BCUT2D eigenvalue weighted by atomic mass is 10.2. The predicted octanol–water partition coefficient (Wildman–Crippen LogP) is 3.75. The number of amides is 2. The van der Waals surface area contributed by atoms with Crippen molar-refractivity contribution in [3.8, 4) is 0 Å². The van der Waals surface area contributed by atoms with Gasteiger partial charge in [-0.15, -0.1) is 11.8 Å². The van der Waals surface area contributed by atoms with Crippen molar-refractivity contribution in [2.45, 2.75) is 26.0 Å². The summed E-state index contributed by atoms with van der Waals surface area (Å²) in [6.45, 7) is 5.46. The molecule has 0 aliphatic heterocycles. The Balaban J connectivity index is 1.81. The minimum atomic E-state index is -0.394. The lowest BCUT2D eigenvalue weighted by molar-refractivity contribution is -0.115. The first-order valence-electron chi connectivity index (χ1n) is 7.27. The molecular formula is C16H18BrN3O3S. The summed E-state index contributed by atoms with van der Waals surface area (Å²) in [4.78, 5) is 24.1. The number of halogens is 1. The lowest BCUT2D eigenvalue weighted by Crippen LogP contribution is -2.25. The van der Waals surface area contributed by atoms with Gasteiger partial charge in [0.2, 0.25) is 11.8 Å². The van der Waals surface area contributed by atoms with Crippen LogP contribution in [-0.4, -0.2) is 28.0 Å². The van der Waals surface area contributed by atoms with Crippen molar-refractivity contribution < 1.29 is 14.1 Å². The van der Waals surface area contributed by atoms with Gasteiger partial charge >= 0.3 is 0 Å². The standard InChI is InChI=1S/C16H18BrN3O3S/c1-9-4-5-13(12(17)6-9)18-15(21)8-24-11(3)16(22)19-14-7-10(2)23-20-14/h4-7,11H,8H2,1-3H3,(H,18,21)(H,19,20,22). The Morgan fingerprint density at radius 2 is 2.04 bits per heavy atom. The van der Waals surface area contributed by atoms with Crippen LogP contribution in [0.1, 0.15) is 18.2 Å². The number of anilines is 2. The quantitative estimate of drug-likeness (QED) is 0.755. The van der Waals surface area contributed by atoms with Crippen molar-refractivity contribution in [2.24, 2.45) is 0 Å². The molecule has 24 heavy (non-hydrogen) atoms. The molecule has 2 rings (SSSR count). The van der Waals surface area contributed by atoms with Gasteiger partial charge in [-0.1, -0.05) is 11.2 Å². The third kappa shape index (κ3) is 5.38. The summed E-state index contributed by atoms with van der Waals surface area (Å²) in [5.74, 6) is 0.776. The van der Waals surface area contributed by atoms with E-state index in [1.54, 1.807) is 19.9 Å². The summed E-state index contributed by atoms with van der Waals surface area (Å²) in [6, 6.07) is 7.32. The Morgan fingerprint density at radius 1 is 1.29 bits per heavy atom. The van der Waals surface area contributed by atoms with Gasteiger partial charge in [-0.2, -0.15) is 0 Å². The molecule has 0 saturated carbocycles. The summed E-state index contributed by atoms with van der Waals surface area (Å²) in [7, 11) is 0. The molecular weight excluding hydrogens is 394 g/mol. The molecule has 0 radical (unpaired) electrons. The van der Waals surface area contributed by atoms with E-state index in [0.717, 1.165) is 10.0 Å². The van der Waals surface area contributed by atoms with Crippen LogP contribution in [0.15, 0.2) is 33.3 Å². The van der Waals surface area contributed by atoms with Crippen molar-refractivity contribution in [1.82, 2.24) is 5.16 Å². The zero-order chi connectivity index (χ0) is 17.7. The van der Waals surface area contributed by atoms with E-state index in [1.165, 1.54) is 11.8 Å². The molecule has 0 aliphatic rings. The first kappa shape index (κ1) is 18.5. The fraction of sp³-hybridized carbons (Fsp3) is 0.312. The third-order valence-electron chi connectivity index (χ3n) is 3.11. The maximum atomic E-state index is 12.0. The Morgan fingerprint density at radius 3 is 2.67 bits per heavy atom. The van der Waals surface area contributed by atoms with Crippen LogP contribution >= 0.6 is 27.7 Å². The molecule has 1 unspecified atom stereocenters. The van der Waals surface area contributed by atoms with Crippen LogP contribution < -0.4 is 10.6 Å². The maximum absolute atomic E-state index is 12.0. The summed E-state index contributed by atoms with van der Waals surface area (Å²) in [5.41, 5.74) is 1.81. The van der Waals surface area contributed by atoms with E-state index in [9.17, 15) is 9.59 Å². The van der Waals surface area contributed by atoms with Crippen molar-refractivity contribution in [3.05, 3.63) is 40.1 Å². The van der Waals surface area contributed by atoms with Crippen LogP contribution in [-0.2, 0) is 9.59 Å². The van der Waals surface area contributed by atoms with Crippen molar-refractivity contribution in [2.75, 3.05) is 16.4 Å². The van der Waals surface area contributed by atoms with Gasteiger partial charge in [-0.3, -0.25) is 9.59 Å². The monoisotopic (exact) mass is 411 g/mol. The van der Waals surface area contributed by atoms with Crippen LogP contribution in [0, 0.1) is 13.8 Å². The molecule has 128 valence electrons. The number of rotatable bonds is 6. The number of aryl methyl sites for hydroxylation is 2. The molecule has 0 aliphatic carbocycles. The number of carbonyl (C=O) groups excluding carboxylic acids is 2. The van der Waals surface area contributed by atoms with Crippen LogP contribution in [0.2, 0.25) is 0 Å². The minimum Gasteiger partial charge on any atom is -0.360 e. The number of hydrogen-bond donors (Lipinski definition) is 2. The summed E-state index contributed by atoms with van der Waals surface area (Å²) < 4.78 is 5.72. The molecule has 1 heterocycles. The molecule has 2 aromatic rings. The number of aromatic nitrogens is 1. The van der Waals surface area contributed by atoms with Crippen LogP contribution in [0.4, 0.5) is 11.5 Å². The highest BCUT2D eigenvalue weighted by Gasteiger charge is 2.17. The number of nitrogens with one attached hydrogen (secondary N) is 2. The van der Waals surface area contributed by atoms with Crippen molar-refractivity contribution >= 4 is 51.0 Å². The first-order valence-corrected chi connectivity index (χ1v) is 9.11. The lowest BCUT2D eigenvalue weighted by Gasteiger charge is -2.11.